The maximum absolute atomic E-state index is 12.8. The van der Waals surface area contributed by atoms with Crippen molar-refractivity contribution in [3.05, 3.63) is 65.7 Å². The Bertz CT molecular complexity index is 955. The summed E-state index contributed by atoms with van der Waals surface area (Å²) in [5.41, 5.74) is 0.622. The van der Waals surface area contributed by atoms with Crippen LogP contribution in [0.25, 0.3) is 0 Å². The lowest BCUT2D eigenvalue weighted by molar-refractivity contribution is -0.131. The normalized spacial score (nSPS) is 20.0. The number of hydrogen-bond donors (Lipinski definition) is 1. The number of urea groups is 1. The molecule has 0 aliphatic carbocycles. The molecule has 0 aromatic heterocycles. The minimum absolute atomic E-state index is 0.0538. The van der Waals surface area contributed by atoms with Gasteiger partial charge in [-0.3, -0.25) is 9.69 Å². The van der Waals surface area contributed by atoms with Gasteiger partial charge < -0.3 is 5.32 Å². The Morgan fingerprint density at radius 3 is 2.26 bits per heavy atom. The van der Waals surface area contributed by atoms with Crippen molar-refractivity contribution in [3.63, 3.8) is 0 Å². The summed E-state index contributed by atoms with van der Waals surface area (Å²) in [7, 11) is -3.44. The molecule has 0 spiro atoms. The fraction of sp³-hybridized carbons (Fsp3) is 0.300. The number of imide groups is 1. The fourth-order valence-electron chi connectivity index (χ4n) is 3.14. The lowest BCUT2D eigenvalue weighted by Crippen LogP contribution is -2.41. The van der Waals surface area contributed by atoms with Crippen molar-refractivity contribution in [3.8, 4) is 0 Å². The van der Waals surface area contributed by atoms with Gasteiger partial charge in [-0.05, 0) is 38.0 Å². The van der Waals surface area contributed by atoms with E-state index in [2.05, 4.69) is 5.32 Å². The lowest BCUT2D eigenvalue weighted by atomic mass is 9.91. The molecule has 1 aliphatic rings. The predicted molar refractivity (Wildman–Crippen MR) is 102 cm³/mol. The number of aryl methyl sites for hydroxylation is 1. The third kappa shape index (κ3) is 3.73. The summed E-state index contributed by atoms with van der Waals surface area (Å²) in [5, 5.41) is 2.73. The number of rotatable bonds is 6. The van der Waals surface area contributed by atoms with E-state index in [1.54, 1.807) is 25.1 Å². The third-order valence-electron chi connectivity index (χ3n) is 4.80. The van der Waals surface area contributed by atoms with Crippen molar-refractivity contribution >= 4 is 21.8 Å². The number of hydrogen-bond acceptors (Lipinski definition) is 4. The van der Waals surface area contributed by atoms with E-state index in [0.717, 1.165) is 10.5 Å². The van der Waals surface area contributed by atoms with E-state index in [9.17, 15) is 18.0 Å². The number of benzene rings is 2. The van der Waals surface area contributed by atoms with Gasteiger partial charge in [-0.2, -0.15) is 0 Å². The number of nitrogens with one attached hydrogen (secondary N) is 1. The van der Waals surface area contributed by atoms with Crippen molar-refractivity contribution in [1.29, 1.82) is 0 Å². The Labute approximate surface area is 159 Å². The molecule has 2 aromatic rings. The van der Waals surface area contributed by atoms with Crippen molar-refractivity contribution in [2.24, 2.45) is 0 Å². The van der Waals surface area contributed by atoms with E-state index in [4.69, 9.17) is 0 Å². The van der Waals surface area contributed by atoms with Gasteiger partial charge in [-0.25, -0.2) is 13.2 Å². The van der Waals surface area contributed by atoms with Crippen molar-refractivity contribution in [1.82, 2.24) is 10.2 Å². The molecule has 1 heterocycles. The van der Waals surface area contributed by atoms with Crippen molar-refractivity contribution in [2.45, 2.75) is 30.7 Å². The number of carbonyl (C=O) groups is 2. The van der Waals surface area contributed by atoms with Crippen LogP contribution >= 0.6 is 0 Å². The highest BCUT2D eigenvalue weighted by molar-refractivity contribution is 7.91. The number of nitrogens with zero attached hydrogens (tertiary/aromatic N) is 1. The zero-order valence-electron chi connectivity index (χ0n) is 15.3. The maximum Gasteiger partial charge on any atom is 0.325 e. The molecule has 1 saturated heterocycles. The first-order chi connectivity index (χ1) is 12.7. The highest BCUT2D eigenvalue weighted by Gasteiger charge is 2.48. The standard InChI is InChI=1S/C20H22N2O4S/c1-15-9-11-16(12-10-15)20(2)18(23)22(19(24)21-20)13-6-14-27(25,26)17-7-4-3-5-8-17/h3-5,7-12H,6,13-14H2,1-2H3,(H,21,24). The first-order valence-corrected chi connectivity index (χ1v) is 10.4. The van der Waals surface area contributed by atoms with E-state index >= 15 is 0 Å². The second-order valence-electron chi connectivity index (χ2n) is 6.86. The quantitative estimate of drug-likeness (QED) is 0.774. The predicted octanol–water partition coefficient (Wildman–Crippen LogP) is 2.63. The molecule has 1 fully saturated rings. The topological polar surface area (TPSA) is 83.6 Å². The Hall–Kier alpha value is -2.67. The van der Waals surface area contributed by atoms with Crippen LogP contribution in [0.15, 0.2) is 59.5 Å². The first-order valence-electron chi connectivity index (χ1n) is 8.73. The summed E-state index contributed by atoms with van der Waals surface area (Å²) in [6.07, 6.45) is 0.181. The molecular formula is C20H22N2O4S. The second kappa shape index (κ2) is 7.15. The minimum atomic E-state index is -3.44. The van der Waals surface area contributed by atoms with Crippen LogP contribution in [0.4, 0.5) is 4.79 Å². The molecule has 1 atom stereocenters. The van der Waals surface area contributed by atoms with E-state index in [1.807, 2.05) is 31.2 Å². The molecular weight excluding hydrogens is 364 g/mol. The molecule has 7 heteroatoms. The van der Waals surface area contributed by atoms with Crippen molar-refractivity contribution < 1.29 is 18.0 Å². The molecule has 1 N–H and O–H groups in total. The third-order valence-corrected chi connectivity index (χ3v) is 6.62. The van der Waals surface area contributed by atoms with E-state index in [1.165, 1.54) is 12.1 Å². The average Bonchev–Trinajstić information content (AvgIpc) is 2.87. The van der Waals surface area contributed by atoms with Crippen LogP contribution in [0.2, 0.25) is 0 Å². The summed E-state index contributed by atoms with van der Waals surface area (Å²) in [6, 6.07) is 15.1. The van der Waals surface area contributed by atoms with Gasteiger partial charge >= 0.3 is 6.03 Å². The van der Waals surface area contributed by atoms with E-state index in [-0.39, 0.29) is 29.5 Å². The molecule has 1 aliphatic heterocycles. The van der Waals surface area contributed by atoms with Gasteiger partial charge in [0.25, 0.3) is 5.91 Å². The largest absolute Gasteiger partial charge is 0.325 e. The summed E-state index contributed by atoms with van der Waals surface area (Å²) < 4.78 is 24.7. The lowest BCUT2D eigenvalue weighted by Gasteiger charge is -2.22. The molecule has 27 heavy (non-hydrogen) atoms. The molecule has 0 radical (unpaired) electrons. The highest BCUT2D eigenvalue weighted by atomic mass is 32.2. The van der Waals surface area contributed by atoms with Gasteiger partial charge in [0.2, 0.25) is 0 Å². The van der Waals surface area contributed by atoms with Gasteiger partial charge in [-0.1, -0.05) is 48.0 Å². The monoisotopic (exact) mass is 386 g/mol. The van der Waals surface area contributed by atoms with Crippen molar-refractivity contribution in [2.75, 3.05) is 12.3 Å². The maximum atomic E-state index is 12.8. The molecule has 142 valence electrons. The van der Waals surface area contributed by atoms with Gasteiger partial charge in [0.05, 0.1) is 10.6 Å². The summed E-state index contributed by atoms with van der Waals surface area (Å²) in [5.74, 6) is -0.497. The Morgan fingerprint density at radius 2 is 1.63 bits per heavy atom. The number of amides is 3. The highest BCUT2D eigenvalue weighted by Crippen LogP contribution is 2.29. The van der Waals surface area contributed by atoms with Gasteiger partial charge in [0.15, 0.2) is 9.84 Å². The molecule has 2 aromatic carbocycles. The van der Waals surface area contributed by atoms with Crippen LogP contribution < -0.4 is 5.32 Å². The van der Waals surface area contributed by atoms with Crippen LogP contribution in [-0.2, 0) is 20.2 Å². The molecule has 3 rings (SSSR count). The Morgan fingerprint density at radius 1 is 1.00 bits per heavy atom. The zero-order chi connectivity index (χ0) is 19.7. The van der Waals surface area contributed by atoms with Crippen LogP contribution in [0.1, 0.15) is 24.5 Å². The molecule has 0 saturated carbocycles. The summed E-state index contributed by atoms with van der Waals surface area (Å²) in [6.45, 7) is 3.66. The Kier molecular flexibility index (Phi) is 5.06. The van der Waals surface area contributed by atoms with Crippen LogP contribution in [0, 0.1) is 6.92 Å². The second-order valence-corrected chi connectivity index (χ2v) is 8.97. The average molecular weight is 386 g/mol. The first kappa shape index (κ1) is 19.1. The van der Waals surface area contributed by atoms with E-state index in [0.29, 0.717) is 5.56 Å². The zero-order valence-corrected chi connectivity index (χ0v) is 16.1. The fourth-order valence-corrected chi connectivity index (χ4v) is 4.46. The Balaban J connectivity index is 1.68. The number of carbonyl (C=O) groups excluding carboxylic acids is 2. The minimum Gasteiger partial charge on any atom is -0.319 e. The molecule has 6 nitrogen and oxygen atoms in total. The molecule has 0 bridgehead atoms. The summed E-state index contributed by atoms with van der Waals surface area (Å²) >= 11 is 0. The summed E-state index contributed by atoms with van der Waals surface area (Å²) in [4.78, 5) is 26.5. The van der Waals surface area contributed by atoms with Gasteiger partial charge in [0.1, 0.15) is 5.54 Å². The smallest absolute Gasteiger partial charge is 0.319 e. The van der Waals surface area contributed by atoms with Crippen LogP contribution in [-0.4, -0.2) is 37.6 Å². The molecule has 1 unspecified atom stereocenters. The van der Waals surface area contributed by atoms with Gasteiger partial charge in [-0.15, -0.1) is 0 Å². The van der Waals surface area contributed by atoms with Crippen LogP contribution in [0.5, 0.6) is 0 Å². The number of sulfone groups is 1. The van der Waals surface area contributed by atoms with Crippen LogP contribution in [0.3, 0.4) is 0 Å². The SMILES string of the molecule is Cc1ccc(C2(C)NC(=O)N(CCCS(=O)(=O)c3ccccc3)C2=O)cc1. The molecule has 3 amide bonds. The van der Waals surface area contributed by atoms with Gasteiger partial charge in [0, 0.05) is 6.54 Å². The van der Waals surface area contributed by atoms with E-state index < -0.39 is 21.4 Å².